The lowest BCUT2D eigenvalue weighted by atomic mass is 10.1. The van der Waals surface area contributed by atoms with Gasteiger partial charge in [-0.15, -0.1) is 0 Å². The van der Waals surface area contributed by atoms with E-state index in [0.29, 0.717) is 31.7 Å². The van der Waals surface area contributed by atoms with E-state index in [9.17, 15) is 20.0 Å². The molecule has 0 saturated carbocycles. The van der Waals surface area contributed by atoms with E-state index in [4.69, 9.17) is 0 Å². The Kier molecular flexibility index (Phi) is 4.33. The fourth-order valence-corrected chi connectivity index (χ4v) is 2.78. The van der Waals surface area contributed by atoms with Gasteiger partial charge in [-0.25, -0.2) is 0 Å². The molecule has 1 amide bonds. The van der Waals surface area contributed by atoms with E-state index in [0.717, 1.165) is 5.69 Å². The third-order valence-electron chi connectivity index (χ3n) is 4.13. The summed E-state index contributed by atoms with van der Waals surface area (Å²) in [5, 5.41) is 20.5. The zero-order valence-corrected chi connectivity index (χ0v) is 13.0. The lowest BCUT2D eigenvalue weighted by Crippen LogP contribution is -2.48. The van der Waals surface area contributed by atoms with Gasteiger partial charge in [-0.3, -0.25) is 14.9 Å². The molecule has 1 fully saturated rings. The van der Waals surface area contributed by atoms with E-state index < -0.39 is 4.92 Å². The van der Waals surface area contributed by atoms with Gasteiger partial charge in [0.1, 0.15) is 5.75 Å². The molecule has 1 N–H and O–H groups in total. The van der Waals surface area contributed by atoms with Crippen molar-refractivity contribution in [2.75, 3.05) is 31.1 Å². The van der Waals surface area contributed by atoms with Crippen molar-refractivity contribution in [3.63, 3.8) is 0 Å². The molecule has 1 aliphatic heterocycles. The molecule has 1 heterocycles. The normalized spacial score (nSPS) is 14.5. The van der Waals surface area contributed by atoms with Crippen LogP contribution in [0.4, 0.5) is 11.4 Å². The molecule has 7 nitrogen and oxygen atoms in total. The number of nitro benzene ring substituents is 1. The number of para-hydroxylation sites is 1. The Morgan fingerprint density at radius 3 is 2.21 bits per heavy atom. The number of carbonyl (C=O) groups excluding carboxylic acids is 1. The summed E-state index contributed by atoms with van der Waals surface area (Å²) in [4.78, 5) is 26.5. The average molecular weight is 327 g/mol. The number of piperazine rings is 1. The first-order valence-corrected chi connectivity index (χ1v) is 7.63. The minimum Gasteiger partial charge on any atom is -0.507 e. The molecule has 7 heteroatoms. The van der Waals surface area contributed by atoms with Crippen LogP contribution in [0.25, 0.3) is 0 Å². The van der Waals surface area contributed by atoms with Gasteiger partial charge >= 0.3 is 0 Å². The van der Waals surface area contributed by atoms with Gasteiger partial charge in [0.2, 0.25) is 0 Å². The summed E-state index contributed by atoms with van der Waals surface area (Å²) in [5.74, 6) is -0.197. The second kappa shape index (κ2) is 6.57. The second-order valence-electron chi connectivity index (χ2n) is 5.57. The Labute approximate surface area is 138 Å². The summed E-state index contributed by atoms with van der Waals surface area (Å²) in [6.07, 6.45) is 0. The van der Waals surface area contributed by atoms with Crippen molar-refractivity contribution in [2.45, 2.75) is 0 Å². The number of anilines is 1. The zero-order chi connectivity index (χ0) is 17.1. The summed E-state index contributed by atoms with van der Waals surface area (Å²) in [5.41, 5.74) is 1.27. The summed E-state index contributed by atoms with van der Waals surface area (Å²) in [6.45, 7) is 2.34. The fraction of sp³-hybridized carbons (Fsp3) is 0.235. The highest BCUT2D eigenvalue weighted by molar-refractivity contribution is 5.96. The first-order chi connectivity index (χ1) is 11.6. The number of hydrogen-bond donors (Lipinski definition) is 1. The quantitative estimate of drug-likeness (QED) is 0.690. The van der Waals surface area contributed by atoms with Crippen LogP contribution in [0, 0.1) is 10.1 Å². The standard InChI is InChI=1S/C17H17N3O4/c21-16-4-2-1-3-15(16)17(22)19-11-9-18(10-12-19)13-5-7-14(8-6-13)20(23)24/h1-8,21H,9-12H2. The van der Waals surface area contributed by atoms with E-state index in [2.05, 4.69) is 4.90 Å². The SMILES string of the molecule is O=C(c1ccccc1O)N1CCN(c2ccc([N+](=O)[O-])cc2)CC1. The molecule has 0 bridgehead atoms. The Morgan fingerprint density at radius 1 is 1.00 bits per heavy atom. The number of non-ortho nitro benzene ring substituents is 1. The maximum absolute atomic E-state index is 12.5. The van der Waals surface area contributed by atoms with Gasteiger partial charge in [-0.1, -0.05) is 12.1 Å². The number of amides is 1. The monoisotopic (exact) mass is 327 g/mol. The number of rotatable bonds is 3. The molecule has 2 aromatic rings. The van der Waals surface area contributed by atoms with E-state index in [1.807, 2.05) is 0 Å². The number of phenols is 1. The van der Waals surface area contributed by atoms with Gasteiger partial charge in [0, 0.05) is 44.0 Å². The maximum Gasteiger partial charge on any atom is 0.269 e. The number of phenolic OH excluding ortho intramolecular Hbond substituents is 1. The zero-order valence-electron chi connectivity index (χ0n) is 13.0. The van der Waals surface area contributed by atoms with Crippen molar-refractivity contribution < 1.29 is 14.8 Å². The van der Waals surface area contributed by atoms with E-state index in [1.54, 1.807) is 35.2 Å². The molecular weight excluding hydrogens is 310 g/mol. The summed E-state index contributed by atoms with van der Waals surface area (Å²) >= 11 is 0. The molecule has 0 aliphatic carbocycles. The van der Waals surface area contributed by atoms with Crippen molar-refractivity contribution >= 4 is 17.3 Å². The fourth-order valence-electron chi connectivity index (χ4n) is 2.78. The summed E-state index contributed by atoms with van der Waals surface area (Å²) in [6, 6.07) is 12.9. The Bertz CT molecular complexity index is 753. The maximum atomic E-state index is 12.5. The molecule has 0 unspecified atom stereocenters. The number of benzene rings is 2. The van der Waals surface area contributed by atoms with Crippen LogP contribution < -0.4 is 4.90 Å². The number of nitrogens with zero attached hydrogens (tertiary/aromatic N) is 3. The number of hydrogen-bond acceptors (Lipinski definition) is 5. The van der Waals surface area contributed by atoms with Crippen LogP contribution in [0.15, 0.2) is 48.5 Å². The molecule has 0 spiro atoms. The highest BCUT2D eigenvalue weighted by Gasteiger charge is 2.24. The highest BCUT2D eigenvalue weighted by Crippen LogP contribution is 2.22. The molecule has 0 atom stereocenters. The van der Waals surface area contributed by atoms with Gasteiger partial charge < -0.3 is 14.9 Å². The molecule has 0 aromatic heterocycles. The largest absolute Gasteiger partial charge is 0.507 e. The van der Waals surface area contributed by atoms with Crippen LogP contribution in [-0.4, -0.2) is 47.0 Å². The predicted molar refractivity (Wildman–Crippen MR) is 89.3 cm³/mol. The van der Waals surface area contributed by atoms with Crippen molar-refractivity contribution in [2.24, 2.45) is 0 Å². The first-order valence-electron chi connectivity index (χ1n) is 7.63. The first kappa shape index (κ1) is 15.8. The van der Waals surface area contributed by atoms with Gasteiger partial charge in [0.25, 0.3) is 11.6 Å². The third kappa shape index (κ3) is 3.15. The van der Waals surface area contributed by atoms with Crippen molar-refractivity contribution in [1.29, 1.82) is 0 Å². The van der Waals surface area contributed by atoms with Crippen LogP contribution in [0.3, 0.4) is 0 Å². The number of aromatic hydroxyl groups is 1. The summed E-state index contributed by atoms with van der Waals surface area (Å²) < 4.78 is 0. The minimum atomic E-state index is -0.424. The molecule has 1 saturated heterocycles. The van der Waals surface area contributed by atoms with Crippen molar-refractivity contribution in [1.82, 2.24) is 4.90 Å². The van der Waals surface area contributed by atoms with Gasteiger partial charge in [-0.05, 0) is 24.3 Å². The number of nitro groups is 1. The molecule has 0 radical (unpaired) electrons. The molecular formula is C17H17N3O4. The lowest BCUT2D eigenvalue weighted by Gasteiger charge is -2.36. The van der Waals surface area contributed by atoms with Gasteiger partial charge in [0.15, 0.2) is 0 Å². The minimum absolute atomic E-state index is 0.0136. The molecule has 24 heavy (non-hydrogen) atoms. The Balaban J connectivity index is 1.64. The lowest BCUT2D eigenvalue weighted by molar-refractivity contribution is -0.384. The molecule has 1 aliphatic rings. The van der Waals surface area contributed by atoms with Crippen LogP contribution >= 0.6 is 0 Å². The number of carbonyl (C=O) groups is 1. The highest BCUT2D eigenvalue weighted by atomic mass is 16.6. The van der Waals surface area contributed by atoms with Crippen LogP contribution in [0.1, 0.15) is 10.4 Å². The second-order valence-corrected chi connectivity index (χ2v) is 5.57. The van der Waals surface area contributed by atoms with E-state index in [-0.39, 0.29) is 17.3 Å². The molecule has 3 rings (SSSR count). The van der Waals surface area contributed by atoms with Crippen molar-refractivity contribution in [3.8, 4) is 5.75 Å². The van der Waals surface area contributed by atoms with Gasteiger partial charge in [0.05, 0.1) is 10.5 Å². The topological polar surface area (TPSA) is 86.9 Å². The molecule has 124 valence electrons. The Hall–Kier alpha value is -3.09. The summed E-state index contributed by atoms with van der Waals surface area (Å²) in [7, 11) is 0. The van der Waals surface area contributed by atoms with Crippen molar-refractivity contribution in [3.05, 3.63) is 64.2 Å². The predicted octanol–water partition coefficient (Wildman–Crippen LogP) is 2.26. The van der Waals surface area contributed by atoms with E-state index >= 15 is 0 Å². The third-order valence-corrected chi connectivity index (χ3v) is 4.13. The van der Waals surface area contributed by atoms with Gasteiger partial charge in [-0.2, -0.15) is 0 Å². The van der Waals surface area contributed by atoms with Crippen LogP contribution in [-0.2, 0) is 0 Å². The van der Waals surface area contributed by atoms with E-state index in [1.165, 1.54) is 18.2 Å². The van der Waals surface area contributed by atoms with Crippen LogP contribution in [0.2, 0.25) is 0 Å². The Morgan fingerprint density at radius 2 is 1.62 bits per heavy atom. The smallest absolute Gasteiger partial charge is 0.269 e. The van der Waals surface area contributed by atoms with Crippen LogP contribution in [0.5, 0.6) is 5.75 Å². The molecule has 2 aromatic carbocycles. The average Bonchev–Trinajstić information content (AvgIpc) is 2.62.